The molecule has 0 spiro atoms. The van der Waals surface area contributed by atoms with Crippen molar-refractivity contribution in [3.05, 3.63) is 12.1 Å². The number of rotatable bonds is 4. The van der Waals surface area contributed by atoms with Crippen LogP contribution in [0.2, 0.25) is 0 Å². The Morgan fingerprint density at radius 3 is 1.21 bits per heavy atom. The van der Waals surface area contributed by atoms with Crippen LogP contribution in [0, 0.1) is 0 Å². The number of benzene rings is 1. The smallest absolute Gasteiger partial charge is 0.0120 e. The largest absolute Gasteiger partial charge is 0.0929 e. The molecule has 0 nitrogen and oxygen atoms in total. The van der Waals surface area contributed by atoms with Crippen LogP contribution in [0.15, 0.2) is 12.1 Å². The first kappa shape index (κ1) is 13.0. The molecule has 1 aromatic rings. The molecule has 0 aliphatic carbocycles. The molecule has 0 aromatic heterocycles. The van der Waals surface area contributed by atoms with Gasteiger partial charge in [0, 0.05) is 0 Å². The Hall–Kier alpha value is 0.940. The third-order valence-corrected chi connectivity index (χ3v) is 6.94. The summed E-state index contributed by atoms with van der Waals surface area (Å²) in [5.41, 5.74) is 0. The summed E-state index contributed by atoms with van der Waals surface area (Å²) in [5.74, 6) is 0. The average Bonchev–Trinajstić information content (AvgIpc) is 2.26. The maximum Gasteiger partial charge on any atom is -0.0120 e. The van der Waals surface area contributed by atoms with E-state index in [4.69, 9.17) is 0 Å². The summed E-state index contributed by atoms with van der Waals surface area (Å²) >= 11 is 0. The quantitative estimate of drug-likeness (QED) is 0.720. The van der Waals surface area contributed by atoms with Crippen LogP contribution in [0.3, 0.4) is 0 Å². The Balaban J connectivity index is 3.28. The lowest BCUT2D eigenvalue weighted by Crippen LogP contribution is -2.35. The fourth-order valence-corrected chi connectivity index (χ4v) is 6.76. The van der Waals surface area contributed by atoms with Gasteiger partial charge in [-0.25, -0.2) is 0 Å². The third kappa shape index (κ3) is 2.74. The molecule has 0 aliphatic rings. The fraction of sp³-hybridized carbons (Fsp3) is 0.400. The monoisotopic (exact) mass is 262 g/mol. The molecular formula is C10H18P4. The predicted molar refractivity (Wildman–Crippen MR) is 81.9 cm³/mol. The van der Waals surface area contributed by atoms with Gasteiger partial charge in [0.15, 0.2) is 0 Å². The summed E-state index contributed by atoms with van der Waals surface area (Å²) in [4.78, 5) is 0. The Kier molecular flexibility index (Phi) is 6.05. The van der Waals surface area contributed by atoms with Crippen LogP contribution in [-0.4, -0.2) is 26.7 Å². The lowest BCUT2D eigenvalue weighted by atomic mass is 10.3. The zero-order chi connectivity index (χ0) is 10.6. The van der Waals surface area contributed by atoms with Crippen molar-refractivity contribution in [2.24, 2.45) is 0 Å². The van der Waals surface area contributed by atoms with Gasteiger partial charge >= 0.3 is 0 Å². The minimum Gasteiger partial charge on any atom is -0.0929 e. The lowest BCUT2D eigenvalue weighted by Gasteiger charge is -2.15. The van der Waals surface area contributed by atoms with Crippen LogP contribution in [0.1, 0.15) is 0 Å². The Bertz CT molecular complexity index is 278. The van der Waals surface area contributed by atoms with Crippen molar-refractivity contribution < 1.29 is 0 Å². The topological polar surface area (TPSA) is 0 Å². The van der Waals surface area contributed by atoms with E-state index in [9.17, 15) is 0 Å². The van der Waals surface area contributed by atoms with Gasteiger partial charge in [0.05, 0.1) is 0 Å². The van der Waals surface area contributed by atoms with Crippen molar-refractivity contribution in [2.45, 2.75) is 0 Å². The molecule has 4 unspecified atom stereocenters. The molecule has 0 bridgehead atoms. The highest BCUT2D eigenvalue weighted by molar-refractivity contribution is 7.59. The number of hydrogen-bond donors (Lipinski definition) is 0. The van der Waals surface area contributed by atoms with Gasteiger partial charge in [0.25, 0.3) is 0 Å². The van der Waals surface area contributed by atoms with Crippen molar-refractivity contribution in [2.75, 3.05) is 26.7 Å². The van der Waals surface area contributed by atoms with Crippen LogP contribution < -0.4 is 21.2 Å². The molecule has 0 fully saturated rings. The van der Waals surface area contributed by atoms with Crippen LogP contribution >= 0.6 is 34.3 Å². The average molecular weight is 262 g/mol. The molecule has 0 saturated carbocycles. The Labute approximate surface area is 94.6 Å². The maximum absolute atomic E-state index is 2.35. The van der Waals surface area contributed by atoms with Crippen LogP contribution in [0.5, 0.6) is 0 Å². The molecule has 0 saturated heterocycles. The maximum atomic E-state index is 2.35. The number of hydrogen-bond acceptors (Lipinski definition) is 0. The summed E-state index contributed by atoms with van der Waals surface area (Å²) in [5, 5.41) is 6.52. The minimum atomic E-state index is 0.947. The van der Waals surface area contributed by atoms with E-state index in [2.05, 4.69) is 38.8 Å². The highest BCUT2D eigenvalue weighted by atomic mass is 31.1. The normalized spacial score (nSPS) is 14.0. The van der Waals surface area contributed by atoms with Crippen molar-refractivity contribution in [3.8, 4) is 0 Å². The second kappa shape index (κ2) is 6.51. The van der Waals surface area contributed by atoms with Crippen LogP contribution in [-0.2, 0) is 0 Å². The van der Waals surface area contributed by atoms with Crippen molar-refractivity contribution in [1.29, 1.82) is 0 Å². The molecular weight excluding hydrogens is 244 g/mol. The molecule has 0 radical (unpaired) electrons. The van der Waals surface area contributed by atoms with E-state index in [0.717, 1.165) is 34.3 Å². The van der Waals surface area contributed by atoms with Gasteiger partial charge in [-0.2, -0.15) is 0 Å². The molecule has 4 atom stereocenters. The second-order valence-electron chi connectivity index (χ2n) is 2.91. The molecule has 0 amide bonds. The Morgan fingerprint density at radius 2 is 1.00 bits per heavy atom. The minimum absolute atomic E-state index is 0.947. The first-order valence-corrected chi connectivity index (χ1v) is 10.7. The van der Waals surface area contributed by atoms with Crippen molar-refractivity contribution in [1.82, 2.24) is 0 Å². The van der Waals surface area contributed by atoms with Crippen LogP contribution in [0.25, 0.3) is 0 Å². The zero-order valence-corrected chi connectivity index (χ0v) is 13.2. The highest BCUT2D eigenvalue weighted by Crippen LogP contribution is 2.15. The van der Waals surface area contributed by atoms with E-state index in [0.29, 0.717) is 0 Å². The van der Waals surface area contributed by atoms with Gasteiger partial charge in [-0.15, -0.1) is 0 Å². The lowest BCUT2D eigenvalue weighted by molar-refractivity contribution is 1.96. The molecule has 78 valence electrons. The summed E-state index contributed by atoms with van der Waals surface area (Å²) in [6, 6.07) is 4.69. The van der Waals surface area contributed by atoms with Crippen LogP contribution in [0.4, 0.5) is 0 Å². The summed E-state index contributed by atoms with van der Waals surface area (Å²) in [7, 11) is 3.81. The highest BCUT2D eigenvalue weighted by Gasteiger charge is 2.08. The second-order valence-corrected chi connectivity index (χ2v) is 6.99. The van der Waals surface area contributed by atoms with Gasteiger partial charge in [0.2, 0.25) is 0 Å². The van der Waals surface area contributed by atoms with Gasteiger partial charge in [0.1, 0.15) is 0 Å². The molecule has 0 aliphatic heterocycles. The SMILES string of the molecule is CPc1ccc(PC)c(PC)c1PC. The summed E-state index contributed by atoms with van der Waals surface area (Å²) < 4.78 is 0. The predicted octanol–water partition coefficient (Wildman–Crippen LogP) is 1.42. The fourth-order valence-electron chi connectivity index (χ4n) is 1.54. The summed E-state index contributed by atoms with van der Waals surface area (Å²) in [6.07, 6.45) is 0. The van der Waals surface area contributed by atoms with Gasteiger partial charge < -0.3 is 0 Å². The molecule has 0 N–H and O–H groups in total. The first-order valence-electron chi connectivity index (χ1n) is 4.66. The molecule has 1 aromatic carbocycles. The van der Waals surface area contributed by atoms with E-state index in [1.165, 1.54) is 0 Å². The molecule has 1 rings (SSSR count). The van der Waals surface area contributed by atoms with Crippen molar-refractivity contribution in [3.63, 3.8) is 0 Å². The Morgan fingerprint density at radius 1 is 0.643 bits per heavy atom. The van der Waals surface area contributed by atoms with E-state index in [-0.39, 0.29) is 0 Å². The van der Waals surface area contributed by atoms with Gasteiger partial charge in [-0.3, -0.25) is 0 Å². The van der Waals surface area contributed by atoms with E-state index in [1.807, 2.05) is 0 Å². The van der Waals surface area contributed by atoms with E-state index >= 15 is 0 Å². The molecule has 4 heteroatoms. The van der Waals surface area contributed by atoms with E-state index in [1.54, 1.807) is 21.2 Å². The van der Waals surface area contributed by atoms with Gasteiger partial charge in [-0.1, -0.05) is 46.5 Å². The van der Waals surface area contributed by atoms with Crippen molar-refractivity contribution >= 4 is 55.5 Å². The first-order chi connectivity index (χ1) is 6.78. The standard InChI is InChI=1S/C10H18P4/c1-11-7-5-6-8(12-2)10(14-4)9(7)13-3/h5-6,11-14H,1-4H3. The van der Waals surface area contributed by atoms with E-state index < -0.39 is 0 Å². The summed E-state index contributed by atoms with van der Waals surface area (Å²) in [6.45, 7) is 9.20. The third-order valence-electron chi connectivity index (χ3n) is 2.24. The zero-order valence-electron chi connectivity index (χ0n) is 9.15. The van der Waals surface area contributed by atoms with Gasteiger partial charge in [-0.05, 0) is 47.9 Å². The molecule has 0 heterocycles. The molecule has 14 heavy (non-hydrogen) atoms.